The Bertz CT molecular complexity index is 993. The number of anilines is 1. The van der Waals surface area contributed by atoms with Crippen LogP contribution < -0.4 is 16.3 Å². The summed E-state index contributed by atoms with van der Waals surface area (Å²) >= 11 is 6.11. The number of nitrogens with one attached hydrogen (secondary N) is 2. The molecule has 2 aromatic rings. The molecule has 1 saturated heterocycles. The van der Waals surface area contributed by atoms with E-state index in [9.17, 15) is 14.4 Å². The molecule has 2 amide bonds. The summed E-state index contributed by atoms with van der Waals surface area (Å²) in [6.07, 6.45) is 1.43. The Hall–Kier alpha value is -2.64. The number of rotatable bonds is 5. The van der Waals surface area contributed by atoms with E-state index >= 15 is 0 Å². The standard InChI is InChI=1S/C21H23ClN2O5/c1-11(2)23-19(25)14-10-13(6-7-15(14)22)24-20(26)18-12(3)9-17(29-21(18)27)16-5-4-8-28-16/h6-7,9-11,16H,4-5,8H2,1-3H3,(H,23,25)(H,24,26). The van der Waals surface area contributed by atoms with Gasteiger partial charge in [-0.3, -0.25) is 9.59 Å². The minimum atomic E-state index is -0.722. The second-order valence-corrected chi connectivity index (χ2v) is 7.68. The smallest absolute Gasteiger partial charge is 0.349 e. The highest BCUT2D eigenvalue weighted by Gasteiger charge is 2.24. The first-order valence-electron chi connectivity index (χ1n) is 9.44. The molecule has 1 aliphatic heterocycles. The number of benzene rings is 1. The summed E-state index contributed by atoms with van der Waals surface area (Å²) in [5.74, 6) is -0.536. The third kappa shape index (κ3) is 4.86. The van der Waals surface area contributed by atoms with E-state index < -0.39 is 11.5 Å². The third-order valence-electron chi connectivity index (χ3n) is 4.53. The lowest BCUT2D eigenvalue weighted by Crippen LogP contribution is -2.30. The maximum absolute atomic E-state index is 12.7. The van der Waals surface area contributed by atoms with Crippen molar-refractivity contribution < 1.29 is 18.7 Å². The lowest BCUT2D eigenvalue weighted by molar-refractivity contribution is 0.0895. The van der Waals surface area contributed by atoms with Crippen LogP contribution in [0.4, 0.5) is 5.69 Å². The molecule has 1 fully saturated rings. The highest BCUT2D eigenvalue weighted by molar-refractivity contribution is 6.34. The average molecular weight is 419 g/mol. The predicted octanol–water partition coefficient (Wildman–Crippen LogP) is 3.84. The first kappa shape index (κ1) is 21.1. The lowest BCUT2D eigenvalue weighted by Gasteiger charge is -2.13. The molecule has 29 heavy (non-hydrogen) atoms. The van der Waals surface area contributed by atoms with Gasteiger partial charge in [0.1, 0.15) is 17.4 Å². The highest BCUT2D eigenvalue weighted by Crippen LogP contribution is 2.28. The van der Waals surface area contributed by atoms with Crippen molar-refractivity contribution in [2.45, 2.75) is 45.8 Å². The van der Waals surface area contributed by atoms with Crippen molar-refractivity contribution >= 4 is 29.1 Å². The summed E-state index contributed by atoms with van der Waals surface area (Å²) < 4.78 is 10.9. The summed E-state index contributed by atoms with van der Waals surface area (Å²) in [7, 11) is 0. The zero-order chi connectivity index (χ0) is 21.1. The van der Waals surface area contributed by atoms with Crippen LogP contribution in [0.1, 0.15) is 64.8 Å². The van der Waals surface area contributed by atoms with Crippen LogP contribution in [-0.2, 0) is 4.74 Å². The summed E-state index contributed by atoms with van der Waals surface area (Å²) in [6, 6.07) is 6.14. The largest absolute Gasteiger partial charge is 0.424 e. The van der Waals surface area contributed by atoms with Gasteiger partial charge in [0.2, 0.25) is 0 Å². The topological polar surface area (TPSA) is 97.6 Å². The molecule has 3 rings (SSSR count). The molecule has 0 spiro atoms. The van der Waals surface area contributed by atoms with Gasteiger partial charge in [0, 0.05) is 18.3 Å². The van der Waals surface area contributed by atoms with Gasteiger partial charge >= 0.3 is 5.63 Å². The fraction of sp³-hybridized carbons (Fsp3) is 0.381. The average Bonchev–Trinajstić information content (AvgIpc) is 3.16. The molecular weight excluding hydrogens is 396 g/mol. The molecule has 8 heteroatoms. The number of hydrogen-bond donors (Lipinski definition) is 2. The van der Waals surface area contributed by atoms with E-state index in [0.29, 0.717) is 23.6 Å². The van der Waals surface area contributed by atoms with Crippen LogP contribution in [0.15, 0.2) is 33.5 Å². The zero-order valence-corrected chi connectivity index (χ0v) is 17.3. The molecule has 0 radical (unpaired) electrons. The number of halogens is 1. The van der Waals surface area contributed by atoms with Gasteiger partial charge < -0.3 is 19.8 Å². The second kappa shape index (κ2) is 8.80. The van der Waals surface area contributed by atoms with Gasteiger partial charge in [0.15, 0.2) is 0 Å². The van der Waals surface area contributed by atoms with Crippen LogP contribution in [-0.4, -0.2) is 24.5 Å². The van der Waals surface area contributed by atoms with Crippen LogP contribution in [0.5, 0.6) is 0 Å². The highest BCUT2D eigenvalue weighted by atomic mass is 35.5. The van der Waals surface area contributed by atoms with E-state index in [2.05, 4.69) is 10.6 Å². The van der Waals surface area contributed by atoms with Crippen molar-refractivity contribution in [3.8, 4) is 0 Å². The molecule has 1 atom stereocenters. The summed E-state index contributed by atoms with van der Waals surface area (Å²) in [6.45, 7) is 5.96. The van der Waals surface area contributed by atoms with Crippen molar-refractivity contribution in [3.05, 3.63) is 62.2 Å². The third-order valence-corrected chi connectivity index (χ3v) is 4.86. The van der Waals surface area contributed by atoms with Gasteiger partial charge in [-0.2, -0.15) is 0 Å². The van der Waals surface area contributed by atoms with Crippen LogP contribution in [0.25, 0.3) is 0 Å². The van der Waals surface area contributed by atoms with Crippen LogP contribution in [0.3, 0.4) is 0 Å². The Kier molecular flexibility index (Phi) is 6.39. The SMILES string of the molecule is Cc1cc(C2CCCO2)oc(=O)c1C(=O)Nc1ccc(Cl)c(C(=O)NC(C)C)c1. The lowest BCUT2D eigenvalue weighted by atomic mass is 10.1. The van der Waals surface area contributed by atoms with Crippen LogP contribution >= 0.6 is 11.6 Å². The Morgan fingerprint density at radius 2 is 1.97 bits per heavy atom. The number of hydrogen-bond acceptors (Lipinski definition) is 5. The van der Waals surface area contributed by atoms with E-state index in [4.69, 9.17) is 20.8 Å². The maximum Gasteiger partial charge on any atom is 0.349 e. The molecule has 1 aromatic heterocycles. The first-order chi connectivity index (χ1) is 13.8. The van der Waals surface area contributed by atoms with Crippen LogP contribution in [0.2, 0.25) is 5.02 Å². The van der Waals surface area contributed by atoms with Gasteiger partial charge in [-0.25, -0.2) is 4.79 Å². The van der Waals surface area contributed by atoms with Gasteiger partial charge in [-0.15, -0.1) is 0 Å². The Labute approximate surface area is 173 Å². The fourth-order valence-corrected chi connectivity index (χ4v) is 3.38. The molecule has 1 aliphatic rings. The molecule has 0 saturated carbocycles. The number of amides is 2. The molecule has 2 heterocycles. The number of aryl methyl sites for hydroxylation is 1. The molecule has 1 unspecified atom stereocenters. The van der Waals surface area contributed by atoms with E-state index in [1.165, 1.54) is 12.1 Å². The van der Waals surface area contributed by atoms with Crippen molar-refractivity contribution in [2.24, 2.45) is 0 Å². The summed E-state index contributed by atoms with van der Waals surface area (Å²) in [4.78, 5) is 37.4. The summed E-state index contributed by atoms with van der Waals surface area (Å²) in [5, 5.41) is 5.65. The molecule has 7 nitrogen and oxygen atoms in total. The van der Waals surface area contributed by atoms with Gasteiger partial charge in [0.05, 0.1) is 10.6 Å². The minimum absolute atomic E-state index is 0.0635. The Balaban J connectivity index is 1.83. The Morgan fingerprint density at radius 3 is 2.59 bits per heavy atom. The van der Waals surface area contributed by atoms with E-state index in [-0.39, 0.29) is 34.2 Å². The monoisotopic (exact) mass is 418 g/mol. The fourth-order valence-electron chi connectivity index (χ4n) is 3.18. The molecule has 0 bridgehead atoms. The number of carbonyl (C=O) groups is 2. The van der Waals surface area contributed by atoms with Crippen LogP contribution in [0, 0.1) is 6.92 Å². The Morgan fingerprint density at radius 1 is 1.21 bits per heavy atom. The van der Waals surface area contributed by atoms with Gasteiger partial charge in [-0.1, -0.05) is 11.6 Å². The van der Waals surface area contributed by atoms with Gasteiger partial charge in [0.25, 0.3) is 11.8 Å². The molecule has 154 valence electrons. The van der Waals surface area contributed by atoms with Gasteiger partial charge in [-0.05, 0) is 63.4 Å². The predicted molar refractivity (Wildman–Crippen MR) is 110 cm³/mol. The van der Waals surface area contributed by atoms with E-state index in [0.717, 1.165) is 12.8 Å². The zero-order valence-electron chi connectivity index (χ0n) is 16.5. The number of carbonyl (C=O) groups excluding carboxylic acids is 2. The number of ether oxygens (including phenoxy) is 1. The molecular formula is C21H23ClN2O5. The quantitative estimate of drug-likeness (QED) is 0.768. The van der Waals surface area contributed by atoms with Crippen molar-refractivity contribution in [2.75, 3.05) is 11.9 Å². The van der Waals surface area contributed by atoms with E-state index in [1.807, 2.05) is 13.8 Å². The minimum Gasteiger partial charge on any atom is -0.424 e. The first-order valence-corrected chi connectivity index (χ1v) is 9.82. The maximum atomic E-state index is 12.7. The van der Waals surface area contributed by atoms with E-state index in [1.54, 1.807) is 19.1 Å². The van der Waals surface area contributed by atoms with Crippen molar-refractivity contribution in [1.82, 2.24) is 5.32 Å². The summed E-state index contributed by atoms with van der Waals surface area (Å²) in [5.41, 5.74) is 0.261. The van der Waals surface area contributed by atoms with Crippen molar-refractivity contribution in [1.29, 1.82) is 0 Å². The van der Waals surface area contributed by atoms with Crippen molar-refractivity contribution in [3.63, 3.8) is 0 Å². The molecule has 2 N–H and O–H groups in total. The molecule has 0 aliphatic carbocycles. The normalized spacial score (nSPS) is 16.1. The molecule has 1 aromatic carbocycles. The second-order valence-electron chi connectivity index (χ2n) is 7.27.